The third kappa shape index (κ3) is 3.53. The Morgan fingerprint density at radius 3 is 2.30 bits per heavy atom. The summed E-state index contributed by atoms with van der Waals surface area (Å²) in [4.78, 5) is 10.4. The highest BCUT2D eigenvalue weighted by atomic mass is 79.9. The number of hydrogen-bond donors (Lipinski definition) is 1. The zero-order valence-corrected chi connectivity index (χ0v) is 8.72. The molecule has 0 bridgehead atoms. The van der Waals surface area contributed by atoms with Crippen molar-refractivity contribution < 1.29 is 9.90 Å². The van der Waals surface area contributed by atoms with E-state index in [9.17, 15) is 4.79 Å². The third-order valence-electron chi connectivity index (χ3n) is 1.08. The summed E-state index contributed by atoms with van der Waals surface area (Å²) >= 11 is 6.02. The van der Waals surface area contributed by atoms with E-state index >= 15 is 0 Å². The normalized spacial score (nSPS) is 13.6. The van der Waals surface area contributed by atoms with E-state index in [-0.39, 0.29) is 0 Å². The Labute approximate surface area is 77.1 Å². The molecule has 0 aliphatic carbocycles. The van der Waals surface area contributed by atoms with E-state index in [0.717, 1.165) is 6.42 Å². The zero-order valence-electron chi connectivity index (χ0n) is 5.55. The Morgan fingerprint density at radius 2 is 2.20 bits per heavy atom. The van der Waals surface area contributed by atoms with Crippen LogP contribution in [0.3, 0.4) is 0 Å². The molecule has 0 aromatic carbocycles. The second-order valence-electron chi connectivity index (χ2n) is 1.90. The Morgan fingerprint density at radius 1 is 1.70 bits per heavy atom. The molecule has 3 nitrogen and oxygen atoms in total. The smallest absolute Gasteiger partial charge is 0.322 e. The molecule has 0 saturated carbocycles. The quantitative estimate of drug-likeness (QED) is 0.799. The highest BCUT2D eigenvalue weighted by Crippen LogP contribution is 2.16. The summed E-state index contributed by atoms with van der Waals surface area (Å²) < 4.78 is 1.35. The molecular weight excluding hydrogens is 266 g/mol. The fraction of sp³-hybridized carbons (Fsp3) is 0.800. The van der Waals surface area contributed by atoms with Crippen molar-refractivity contribution in [3.05, 3.63) is 0 Å². The minimum absolute atomic E-state index is 0.481. The van der Waals surface area contributed by atoms with Crippen LogP contribution in [0.5, 0.6) is 0 Å². The monoisotopic (exact) mass is 273 g/mol. The van der Waals surface area contributed by atoms with Crippen molar-refractivity contribution in [1.82, 2.24) is 2.95 Å². The fourth-order valence-electron chi connectivity index (χ4n) is 0.578. The zero-order chi connectivity index (χ0) is 8.15. The van der Waals surface area contributed by atoms with Gasteiger partial charge in [-0.2, -0.15) is 2.95 Å². The molecule has 60 valence electrons. The Bertz CT molecular complexity index is 118. The van der Waals surface area contributed by atoms with Gasteiger partial charge in [0.15, 0.2) is 0 Å². The maximum atomic E-state index is 10.4. The number of aliphatic carboxylic acids is 1. The van der Waals surface area contributed by atoms with Gasteiger partial charge in [-0.25, -0.2) is 0 Å². The molecule has 0 fully saturated rings. The topological polar surface area (TPSA) is 40.5 Å². The standard InChI is InChI=1S/C5H9Br2NO2/c1-2-3-4(5(9)10)8(6)7/h4H,2-3H2,1H3,(H,9,10). The summed E-state index contributed by atoms with van der Waals surface area (Å²) in [5.74, 6) is -0.824. The van der Waals surface area contributed by atoms with Crippen LogP contribution in [0.1, 0.15) is 19.8 Å². The van der Waals surface area contributed by atoms with Gasteiger partial charge in [-0.05, 0) is 6.42 Å². The Kier molecular flexibility index (Phi) is 5.29. The van der Waals surface area contributed by atoms with Crippen LogP contribution in [-0.2, 0) is 4.79 Å². The lowest BCUT2D eigenvalue weighted by atomic mass is 10.2. The van der Waals surface area contributed by atoms with Crippen LogP contribution in [0, 0.1) is 0 Å². The third-order valence-corrected chi connectivity index (χ3v) is 2.07. The number of rotatable bonds is 4. The first-order valence-electron chi connectivity index (χ1n) is 2.93. The summed E-state index contributed by atoms with van der Waals surface area (Å²) in [7, 11) is 0. The predicted molar refractivity (Wildman–Crippen MR) is 46.0 cm³/mol. The van der Waals surface area contributed by atoms with E-state index in [2.05, 4.69) is 32.3 Å². The molecule has 1 unspecified atom stereocenters. The maximum absolute atomic E-state index is 10.4. The average molecular weight is 275 g/mol. The van der Waals surface area contributed by atoms with Gasteiger partial charge >= 0.3 is 5.97 Å². The fourth-order valence-corrected chi connectivity index (χ4v) is 1.34. The van der Waals surface area contributed by atoms with Crippen molar-refractivity contribution in [3.8, 4) is 0 Å². The molecule has 0 radical (unpaired) electrons. The molecular formula is C5H9Br2NO2. The number of carboxylic acids is 1. The highest BCUT2D eigenvalue weighted by molar-refractivity contribution is 9.21. The van der Waals surface area contributed by atoms with Crippen molar-refractivity contribution >= 4 is 38.3 Å². The van der Waals surface area contributed by atoms with E-state index in [1.54, 1.807) is 0 Å². The molecule has 0 amide bonds. The van der Waals surface area contributed by atoms with Crippen molar-refractivity contribution in [2.75, 3.05) is 0 Å². The molecule has 0 aromatic heterocycles. The Balaban J connectivity index is 3.85. The average Bonchev–Trinajstić information content (AvgIpc) is 1.81. The molecule has 0 aliphatic rings. The van der Waals surface area contributed by atoms with Gasteiger partial charge in [0.05, 0.1) is 0 Å². The molecule has 0 heterocycles. The number of carbonyl (C=O) groups is 1. The van der Waals surface area contributed by atoms with Gasteiger partial charge in [-0.15, -0.1) is 0 Å². The van der Waals surface area contributed by atoms with Gasteiger partial charge in [-0.1, -0.05) is 13.3 Å². The van der Waals surface area contributed by atoms with Crippen molar-refractivity contribution in [3.63, 3.8) is 0 Å². The van der Waals surface area contributed by atoms with E-state index < -0.39 is 12.0 Å². The first-order chi connectivity index (χ1) is 4.59. The van der Waals surface area contributed by atoms with Crippen molar-refractivity contribution in [1.29, 1.82) is 0 Å². The van der Waals surface area contributed by atoms with Gasteiger partial charge in [0.1, 0.15) is 6.04 Å². The minimum Gasteiger partial charge on any atom is -0.480 e. The van der Waals surface area contributed by atoms with Crippen LogP contribution in [0.2, 0.25) is 0 Å². The lowest BCUT2D eigenvalue weighted by Crippen LogP contribution is -2.28. The predicted octanol–water partition coefficient (Wildman–Crippen LogP) is 2.16. The molecule has 0 aromatic rings. The second kappa shape index (κ2) is 5.09. The summed E-state index contributed by atoms with van der Waals surface area (Å²) in [6.07, 6.45) is 1.48. The second-order valence-corrected chi connectivity index (χ2v) is 4.38. The molecule has 1 atom stereocenters. The summed E-state index contributed by atoms with van der Waals surface area (Å²) in [5.41, 5.74) is 0. The molecule has 1 N–H and O–H groups in total. The van der Waals surface area contributed by atoms with Gasteiger partial charge in [-0.3, -0.25) is 4.79 Å². The van der Waals surface area contributed by atoms with Crippen LogP contribution >= 0.6 is 32.3 Å². The summed E-state index contributed by atoms with van der Waals surface area (Å²) in [6.45, 7) is 1.94. The number of halogens is 2. The SMILES string of the molecule is CCCC(C(=O)O)N(Br)Br. The van der Waals surface area contributed by atoms with Gasteiger partial charge in [0.25, 0.3) is 0 Å². The minimum atomic E-state index is -0.824. The van der Waals surface area contributed by atoms with Crippen LogP contribution in [0.25, 0.3) is 0 Å². The van der Waals surface area contributed by atoms with Crippen LogP contribution in [-0.4, -0.2) is 20.1 Å². The lowest BCUT2D eigenvalue weighted by Gasteiger charge is -2.13. The first-order valence-corrected chi connectivity index (χ1v) is 4.35. The lowest BCUT2D eigenvalue weighted by molar-refractivity contribution is -0.140. The largest absolute Gasteiger partial charge is 0.480 e. The van der Waals surface area contributed by atoms with Gasteiger partial charge in [0, 0.05) is 32.3 Å². The molecule has 0 rings (SSSR count). The number of nitrogens with zero attached hydrogens (tertiary/aromatic N) is 1. The number of carboxylic acid groups (broad SMARTS) is 1. The summed E-state index contributed by atoms with van der Waals surface area (Å²) in [6, 6.07) is -0.481. The molecule has 0 saturated heterocycles. The van der Waals surface area contributed by atoms with E-state index in [4.69, 9.17) is 5.11 Å². The van der Waals surface area contributed by atoms with Gasteiger partial charge in [0.2, 0.25) is 0 Å². The first kappa shape index (κ1) is 10.4. The van der Waals surface area contributed by atoms with Crippen LogP contribution in [0.4, 0.5) is 0 Å². The molecule has 0 spiro atoms. The molecule has 5 heteroatoms. The Hall–Kier alpha value is 0.390. The van der Waals surface area contributed by atoms with E-state index in [1.807, 2.05) is 6.92 Å². The van der Waals surface area contributed by atoms with E-state index in [0.29, 0.717) is 6.42 Å². The van der Waals surface area contributed by atoms with Crippen LogP contribution in [0.15, 0.2) is 0 Å². The van der Waals surface area contributed by atoms with Crippen LogP contribution < -0.4 is 0 Å². The summed E-state index contributed by atoms with van der Waals surface area (Å²) in [5, 5.41) is 8.57. The van der Waals surface area contributed by atoms with Gasteiger partial charge < -0.3 is 5.11 Å². The van der Waals surface area contributed by atoms with Crippen molar-refractivity contribution in [2.45, 2.75) is 25.8 Å². The maximum Gasteiger partial charge on any atom is 0.322 e. The molecule has 0 aliphatic heterocycles. The number of hydrogen-bond acceptors (Lipinski definition) is 2. The van der Waals surface area contributed by atoms with E-state index in [1.165, 1.54) is 2.95 Å². The molecule has 10 heavy (non-hydrogen) atoms. The van der Waals surface area contributed by atoms with Crippen molar-refractivity contribution in [2.24, 2.45) is 0 Å². The highest BCUT2D eigenvalue weighted by Gasteiger charge is 2.20.